The summed E-state index contributed by atoms with van der Waals surface area (Å²) in [7, 11) is 0. The van der Waals surface area contributed by atoms with Gasteiger partial charge in [-0.1, -0.05) is 25.0 Å². The second-order valence-corrected chi connectivity index (χ2v) is 6.15. The van der Waals surface area contributed by atoms with Crippen molar-refractivity contribution in [3.8, 4) is 11.5 Å². The predicted octanol–water partition coefficient (Wildman–Crippen LogP) is 3.35. The molecule has 0 saturated heterocycles. The maximum atomic E-state index is 12.5. The molecule has 0 amide bonds. The third kappa shape index (κ3) is 3.11. The molecule has 1 aliphatic carbocycles. The average molecular weight is 326 g/mol. The summed E-state index contributed by atoms with van der Waals surface area (Å²) in [5, 5.41) is 30.8. The number of aryl methyl sites for hydroxylation is 2. The van der Waals surface area contributed by atoms with Crippen molar-refractivity contribution < 1.29 is 14.6 Å². The van der Waals surface area contributed by atoms with Crippen LogP contribution in [0.1, 0.15) is 48.5 Å². The third-order valence-electron chi connectivity index (χ3n) is 4.61. The SMILES string of the molecule is N#[N+]c1c([O-])c(C2CCCC2)c(CCc2ccc(O)cc2)oc1=O. The molecule has 0 bridgehead atoms. The zero-order valence-electron chi connectivity index (χ0n) is 13.2. The minimum absolute atomic E-state index is 0.0529. The first kappa shape index (κ1) is 16.1. The number of aromatic hydroxyl groups is 1. The van der Waals surface area contributed by atoms with Crippen LogP contribution in [0.4, 0.5) is 5.69 Å². The highest BCUT2D eigenvalue weighted by atomic mass is 16.4. The van der Waals surface area contributed by atoms with E-state index in [2.05, 4.69) is 4.98 Å². The highest BCUT2D eigenvalue weighted by Gasteiger charge is 2.28. The lowest BCUT2D eigenvalue weighted by Gasteiger charge is -2.19. The normalized spacial score (nSPS) is 14.6. The van der Waals surface area contributed by atoms with E-state index in [1.807, 2.05) is 0 Å². The average Bonchev–Trinajstić information content (AvgIpc) is 3.08. The van der Waals surface area contributed by atoms with E-state index in [-0.39, 0.29) is 11.7 Å². The maximum absolute atomic E-state index is 12.5. The van der Waals surface area contributed by atoms with Crippen LogP contribution in [-0.4, -0.2) is 5.11 Å². The van der Waals surface area contributed by atoms with Crippen molar-refractivity contribution >= 4 is 5.69 Å². The van der Waals surface area contributed by atoms with Crippen LogP contribution < -0.4 is 10.7 Å². The fourth-order valence-electron chi connectivity index (χ4n) is 3.38. The van der Waals surface area contributed by atoms with Crippen molar-refractivity contribution in [1.29, 1.82) is 5.39 Å². The molecule has 3 rings (SSSR count). The van der Waals surface area contributed by atoms with E-state index in [9.17, 15) is 15.0 Å². The van der Waals surface area contributed by atoms with Gasteiger partial charge in [0.15, 0.2) is 4.98 Å². The third-order valence-corrected chi connectivity index (χ3v) is 4.61. The fraction of sp³-hybridized carbons (Fsp3) is 0.389. The van der Waals surface area contributed by atoms with Crippen molar-refractivity contribution in [2.45, 2.75) is 44.4 Å². The van der Waals surface area contributed by atoms with E-state index in [1.165, 1.54) is 0 Å². The van der Waals surface area contributed by atoms with E-state index in [0.29, 0.717) is 24.2 Å². The first-order valence-electron chi connectivity index (χ1n) is 8.10. The van der Waals surface area contributed by atoms with Gasteiger partial charge in [0.2, 0.25) is 5.39 Å². The Bertz CT molecular complexity index is 828. The zero-order valence-corrected chi connectivity index (χ0v) is 13.2. The molecule has 0 spiro atoms. The molecule has 0 atom stereocenters. The summed E-state index contributed by atoms with van der Waals surface area (Å²) in [6, 6.07) is 6.77. The highest BCUT2D eigenvalue weighted by molar-refractivity contribution is 5.58. The van der Waals surface area contributed by atoms with Crippen LogP contribution in [0.5, 0.6) is 11.5 Å². The Hall–Kier alpha value is -2.81. The summed E-state index contributed by atoms with van der Waals surface area (Å²) in [4.78, 5) is 14.7. The largest absolute Gasteiger partial charge is 0.867 e. The van der Waals surface area contributed by atoms with E-state index in [1.54, 1.807) is 24.3 Å². The lowest BCUT2D eigenvalue weighted by Crippen LogP contribution is -2.13. The van der Waals surface area contributed by atoms with E-state index >= 15 is 0 Å². The van der Waals surface area contributed by atoms with Crippen LogP contribution in [0.2, 0.25) is 0 Å². The number of rotatable bonds is 4. The van der Waals surface area contributed by atoms with Gasteiger partial charge in [0, 0.05) is 12.2 Å². The smallest absolute Gasteiger partial charge is 0.461 e. The van der Waals surface area contributed by atoms with Gasteiger partial charge in [-0.15, -0.1) is 0 Å². The van der Waals surface area contributed by atoms with Gasteiger partial charge >= 0.3 is 11.3 Å². The molecule has 1 N–H and O–H groups in total. The molecule has 0 aliphatic heterocycles. The Morgan fingerprint density at radius 2 is 1.88 bits per heavy atom. The number of phenolic OH excluding ortho intramolecular Hbond substituents is 1. The number of hydrogen-bond acceptors (Lipinski definition) is 5. The Morgan fingerprint density at radius 1 is 1.21 bits per heavy atom. The fourth-order valence-corrected chi connectivity index (χ4v) is 3.38. The van der Waals surface area contributed by atoms with Gasteiger partial charge in [-0.2, -0.15) is 0 Å². The molecule has 0 unspecified atom stereocenters. The van der Waals surface area contributed by atoms with Crippen molar-refractivity contribution in [1.82, 2.24) is 0 Å². The molecule has 1 saturated carbocycles. The van der Waals surface area contributed by atoms with Gasteiger partial charge in [0.05, 0.1) is 0 Å². The molecule has 1 aromatic heterocycles. The van der Waals surface area contributed by atoms with Gasteiger partial charge in [-0.05, 0) is 48.4 Å². The monoisotopic (exact) mass is 326 g/mol. The zero-order chi connectivity index (χ0) is 17.1. The molecule has 24 heavy (non-hydrogen) atoms. The Labute approximate surface area is 139 Å². The topological polar surface area (TPSA) is 102 Å². The standard InChI is InChI=1S/C18H18N2O4/c19-20-16-17(22)15(12-3-1-2-4-12)14(24-18(16)23)10-7-11-5-8-13(21)9-6-11/h5-6,8-9,12H,1-4,7,10H2,(H-,21,22,23). The maximum Gasteiger partial charge on any atom is 0.461 e. The van der Waals surface area contributed by atoms with E-state index in [4.69, 9.17) is 9.81 Å². The van der Waals surface area contributed by atoms with Gasteiger partial charge in [-0.25, -0.2) is 4.79 Å². The molecule has 1 fully saturated rings. The van der Waals surface area contributed by atoms with Crippen LogP contribution in [-0.2, 0) is 12.8 Å². The summed E-state index contributed by atoms with van der Waals surface area (Å²) in [6.45, 7) is 0. The lowest BCUT2D eigenvalue weighted by atomic mass is 9.93. The lowest BCUT2D eigenvalue weighted by molar-refractivity contribution is -0.268. The number of phenols is 1. The molecule has 6 heteroatoms. The molecule has 1 heterocycles. The van der Waals surface area contributed by atoms with Gasteiger partial charge < -0.3 is 14.6 Å². The van der Waals surface area contributed by atoms with E-state index in [0.717, 1.165) is 31.2 Å². The summed E-state index contributed by atoms with van der Waals surface area (Å²) in [5.41, 5.74) is 0.0186. The first-order chi connectivity index (χ1) is 11.6. The predicted molar refractivity (Wildman–Crippen MR) is 85.9 cm³/mol. The molecule has 1 aromatic carbocycles. The molecule has 1 aliphatic rings. The van der Waals surface area contributed by atoms with Crippen LogP contribution in [0.3, 0.4) is 0 Å². The van der Waals surface area contributed by atoms with Gasteiger partial charge in [0.1, 0.15) is 11.5 Å². The van der Waals surface area contributed by atoms with Crippen LogP contribution in [0.15, 0.2) is 33.5 Å². The second-order valence-electron chi connectivity index (χ2n) is 6.15. The van der Waals surface area contributed by atoms with Crippen molar-refractivity contribution in [3.63, 3.8) is 0 Å². The second kappa shape index (κ2) is 6.75. The summed E-state index contributed by atoms with van der Waals surface area (Å²) >= 11 is 0. The van der Waals surface area contributed by atoms with Crippen LogP contribution >= 0.6 is 0 Å². The molecular weight excluding hydrogens is 308 g/mol. The quantitative estimate of drug-likeness (QED) is 0.868. The minimum atomic E-state index is -0.898. The van der Waals surface area contributed by atoms with E-state index < -0.39 is 17.1 Å². The van der Waals surface area contributed by atoms with Crippen molar-refractivity contribution in [2.75, 3.05) is 0 Å². The van der Waals surface area contributed by atoms with Crippen LogP contribution in [0.25, 0.3) is 4.98 Å². The highest BCUT2D eigenvalue weighted by Crippen LogP contribution is 2.42. The Kier molecular flexibility index (Phi) is 4.52. The van der Waals surface area contributed by atoms with Gasteiger partial charge in [-0.3, -0.25) is 0 Å². The Morgan fingerprint density at radius 3 is 2.50 bits per heavy atom. The number of hydrogen-bond donors (Lipinski definition) is 1. The number of diazo groups is 1. The van der Waals surface area contributed by atoms with Crippen molar-refractivity contribution in [2.24, 2.45) is 0 Å². The number of nitrogens with zero attached hydrogens (tertiary/aromatic N) is 2. The molecule has 124 valence electrons. The summed E-state index contributed by atoms with van der Waals surface area (Å²) in [6.07, 6.45) is 4.81. The summed E-state index contributed by atoms with van der Waals surface area (Å²) < 4.78 is 5.31. The summed E-state index contributed by atoms with van der Waals surface area (Å²) in [5.74, 6) is 0.114. The first-order valence-corrected chi connectivity index (χ1v) is 8.10. The van der Waals surface area contributed by atoms with Crippen LogP contribution in [0, 0.1) is 5.39 Å². The Balaban J connectivity index is 1.95. The molecule has 2 aromatic rings. The minimum Gasteiger partial charge on any atom is -0.867 e. The van der Waals surface area contributed by atoms with Crippen molar-refractivity contribution in [3.05, 3.63) is 56.5 Å². The van der Waals surface area contributed by atoms with Gasteiger partial charge in [0.25, 0.3) is 0 Å². The molecular formula is C18H18N2O4. The number of benzene rings is 1. The molecule has 0 radical (unpaired) electrons. The molecule has 6 nitrogen and oxygen atoms in total.